The standard InChI is InChI=1S/C25H34ClN3O4S/c1-7-18(3)27-25(31)20(5)28(15-21-12-8-9-13-22(21)26)24(30)16-29(34(6,32)33)23-14-10-11-17(2)19(23)4/h8-14,18,20H,7,15-16H2,1-6H3,(H,27,31). The quantitative estimate of drug-likeness (QED) is 0.525. The zero-order valence-corrected chi connectivity index (χ0v) is 22.2. The van der Waals surface area contributed by atoms with Crippen molar-refractivity contribution in [1.29, 1.82) is 0 Å². The van der Waals surface area contributed by atoms with Crippen molar-refractivity contribution in [3.63, 3.8) is 0 Å². The zero-order chi connectivity index (χ0) is 25.6. The number of amides is 2. The summed E-state index contributed by atoms with van der Waals surface area (Å²) < 4.78 is 26.5. The van der Waals surface area contributed by atoms with E-state index in [0.29, 0.717) is 16.3 Å². The number of aryl methyl sites for hydroxylation is 1. The van der Waals surface area contributed by atoms with Crippen molar-refractivity contribution in [3.05, 3.63) is 64.2 Å². The Bertz CT molecular complexity index is 1140. The largest absolute Gasteiger partial charge is 0.352 e. The smallest absolute Gasteiger partial charge is 0.244 e. The number of carbonyl (C=O) groups excluding carboxylic acids is 2. The summed E-state index contributed by atoms with van der Waals surface area (Å²) in [5.74, 6) is -0.814. The highest BCUT2D eigenvalue weighted by molar-refractivity contribution is 7.92. The third kappa shape index (κ3) is 6.96. The van der Waals surface area contributed by atoms with Gasteiger partial charge in [-0.2, -0.15) is 0 Å². The summed E-state index contributed by atoms with van der Waals surface area (Å²) in [6, 6.07) is 11.5. The molecule has 0 saturated carbocycles. The van der Waals surface area contributed by atoms with E-state index in [4.69, 9.17) is 11.6 Å². The van der Waals surface area contributed by atoms with Crippen LogP contribution in [0.3, 0.4) is 0 Å². The van der Waals surface area contributed by atoms with Crippen LogP contribution in [0.15, 0.2) is 42.5 Å². The predicted octanol–water partition coefficient (Wildman–Crippen LogP) is 4.05. The van der Waals surface area contributed by atoms with E-state index in [0.717, 1.165) is 28.1 Å². The van der Waals surface area contributed by atoms with E-state index >= 15 is 0 Å². The molecular formula is C25H34ClN3O4S. The van der Waals surface area contributed by atoms with Crippen LogP contribution in [0.2, 0.25) is 5.02 Å². The molecule has 0 aliphatic rings. The Morgan fingerprint density at radius 2 is 1.71 bits per heavy atom. The van der Waals surface area contributed by atoms with E-state index in [9.17, 15) is 18.0 Å². The maximum absolute atomic E-state index is 13.6. The summed E-state index contributed by atoms with van der Waals surface area (Å²) in [5, 5.41) is 3.36. The molecule has 0 bridgehead atoms. The van der Waals surface area contributed by atoms with Crippen molar-refractivity contribution in [3.8, 4) is 0 Å². The van der Waals surface area contributed by atoms with Gasteiger partial charge in [-0.3, -0.25) is 13.9 Å². The Labute approximate surface area is 208 Å². The Balaban J connectivity index is 2.45. The Morgan fingerprint density at radius 3 is 2.29 bits per heavy atom. The van der Waals surface area contributed by atoms with Crippen LogP contribution in [0.5, 0.6) is 0 Å². The molecule has 0 saturated heterocycles. The second-order valence-corrected chi connectivity index (χ2v) is 10.9. The molecule has 0 aliphatic carbocycles. The molecule has 186 valence electrons. The van der Waals surface area contributed by atoms with Gasteiger partial charge in [0.05, 0.1) is 11.9 Å². The molecule has 7 nitrogen and oxygen atoms in total. The van der Waals surface area contributed by atoms with Gasteiger partial charge in [0, 0.05) is 17.6 Å². The first-order chi connectivity index (χ1) is 15.9. The summed E-state index contributed by atoms with van der Waals surface area (Å²) in [7, 11) is -3.78. The number of nitrogens with zero attached hydrogens (tertiary/aromatic N) is 2. The van der Waals surface area contributed by atoms with Crippen molar-refractivity contribution in [1.82, 2.24) is 10.2 Å². The first kappa shape index (κ1) is 27.7. The van der Waals surface area contributed by atoms with E-state index < -0.39 is 28.5 Å². The fraction of sp³-hybridized carbons (Fsp3) is 0.440. The number of hydrogen-bond acceptors (Lipinski definition) is 4. The van der Waals surface area contributed by atoms with E-state index in [1.54, 1.807) is 43.3 Å². The normalized spacial score (nSPS) is 13.1. The van der Waals surface area contributed by atoms with E-state index in [2.05, 4.69) is 5.32 Å². The van der Waals surface area contributed by atoms with Crippen LogP contribution in [-0.4, -0.2) is 50.0 Å². The van der Waals surface area contributed by atoms with Crippen LogP contribution in [0.4, 0.5) is 5.69 Å². The van der Waals surface area contributed by atoms with Gasteiger partial charge >= 0.3 is 0 Å². The summed E-state index contributed by atoms with van der Waals surface area (Å²) in [6.07, 6.45) is 1.81. The lowest BCUT2D eigenvalue weighted by Gasteiger charge is -2.32. The fourth-order valence-corrected chi connectivity index (χ4v) is 4.55. The van der Waals surface area contributed by atoms with Crippen LogP contribution in [-0.2, 0) is 26.2 Å². The van der Waals surface area contributed by atoms with Gasteiger partial charge in [0.1, 0.15) is 12.6 Å². The average molecular weight is 508 g/mol. The molecule has 0 radical (unpaired) electrons. The first-order valence-corrected chi connectivity index (χ1v) is 13.5. The molecule has 0 fully saturated rings. The fourth-order valence-electron chi connectivity index (χ4n) is 3.46. The third-order valence-corrected chi connectivity index (χ3v) is 7.49. The Kier molecular flexibility index (Phi) is 9.53. The number of carbonyl (C=O) groups is 2. The predicted molar refractivity (Wildman–Crippen MR) is 137 cm³/mol. The number of nitrogens with one attached hydrogen (secondary N) is 1. The number of anilines is 1. The Hall–Kier alpha value is -2.58. The van der Waals surface area contributed by atoms with Gasteiger partial charge in [-0.05, 0) is 62.9 Å². The molecule has 2 rings (SSSR count). The minimum atomic E-state index is -3.78. The van der Waals surface area contributed by atoms with Gasteiger partial charge in [-0.1, -0.05) is 48.9 Å². The molecule has 0 heterocycles. The first-order valence-electron chi connectivity index (χ1n) is 11.2. The van der Waals surface area contributed by atoms with Crippen LogP contribution in [0.25, 0.3) is 0 Å². The topological polar surface area (TPSA) is 86.8 Å². The highest BCUT2D eigenvalue weighted by Crippen LogP contribution is 2.26. The Morgan fingerprint density at radius 1 is 1.06 bits per heavy atom. The monoisotopic (exact) mass is 507 g/mol. The summed E-state index contributed by atoms with van der Waals surface area (Å²) in [6.45, 7) is 8.80. The van der Waals surface area contributed by atoms with Crippen molar-refractivity contribution in [2.24, 2.45) is 0 Å². The van der Waals surface area contributed by atoms with Crippen LogP contribution < -0.4 is 9.62 Å². The molecule has 2 unspecified atom stereocenters. The highest BCUT2D eigenvalue weighted by atomic mass is 35.5. The molecule has 0 spiro atoms. The molecule has 2 atom stereocenters. The van der Waals surface area contributed by atoms with Crippen molar-refractivity contribution < 1.29 is 18.0 Å². The van der Waals surface area contributed by atoms with Crippen molar-refractivity contribution in [2.75, 3.05) is 17.1 Å². The molecule has 0 aromatic heterocycles. The number of halogens is 1. The molecule has 1 N–H and O–H groups in total. The van der Waals surface area contributed by atoms with Crippen LogP contribution in [0, 0.1) is 13.8 Å². The SMILES string of the molecule is CCC(C)NC(=O)C(C)N(Cc1ccccc1Cl)C(=O)CN(c1cccc(C)c1C)S(C)(=O)=O. The maximum atomic E-state index is 13.6. The lowest BCUT2D eigenvalue weighted by atomic mass is 10.1. The number of rotatable bonds is 10. The second kappa shape index (κ2) is 11.7. The maximum Gasteiger partial charge on any atom is 0.244 e. The van der Waals surface area contributed by atoms with Gasteiger partial charge in [0.2, 0.25) is 21.8 Å². The van der Waals surface area contributed by atoms with Crippen molar-refractivity contribution >= 4 is 39.1 Å². The minimum absolute atomic E-state index is 0.0605. The van der Waals surface area contributed by atoms with Crippen LogP contribution >= 0.6 is 11.6 Å². The molecule has 0 aliphatic heterocycles. The minimum Gasteiger partial charge on any atom is -0.352 e. The number of hydrogen-bond donors (Lipinski definition) is 1. The number of sulfonamides is 1. The van der Waals surface area contributed by atoms with E-state index in [-0.39, 0.29) is 18.5 Å². The lowest BCUT2D eigenvalue weighted by Crippen LogP contribution is -2.52. The second-order valence-electron chi connectivity index (χ2n) is 8.60. The van der Waals surface area contributed by atoms with E-state index in [1.165, 1.54) is 4.90 Å². The number of benzene rings is 2. The lowest BCUT2D eigenvalue weighted by molar-refractivity contribution is -0.139. The molecule has 9 heteroatoms. The summed E-state index contributed by atoms with van der Waals surface area (Å²) in [5.41, 5.74) is 2.78. The zero-order valence-electron chi connectivity index (χ0n) is 20.6. The molecule has 34 heavy (non-hydrogen) atoms. The van der Waals surface area contributed by atoms with Crippen LogP contribution in [0.1, 0.15) is 43.9 Å². The molecule has 2 aromatic carbocycles. The van der Waals surface area contributed by atoms with Crippen molar-refractivity contribution in [2.45, 2.75) is 59.7 Å². The van der Waals surface area contributed by atoms with Gasteiger partial charge in [0.25, 0.3) is 0 Å². The van der Waals surface area contributed by atoms with Gasteiger partial charge in [0.15, 0.2) is 0 Å². The third-order valence-electron chi connectivity index (χ3n) is 5.99. The van der Waals surface area contributed by atoms with Gasteiger partial charge < -0.3 is 10.2 Å². The van der Waals surface area contributed by atoms with Gasteiger partial charge in [-0.15, -0.1) is 0 Å². The average Bonchev–Trinajstić information content (AvgIpc) is 2.77. The molecular weight excluding hydrogens is 474 g/mol. The van der Waals surface area contributed by atoms with Gasteiger partial charge in [-0.25, -0.2) is 8.42 Å². The highest BCUT2D eigenvalue weighted by Gasteiger charge is 2.31. The molecule has 2 amide bonds. The molecule has 2 aromatic rings. The van der Waals surface area contributed by atoms with E-state index in [1.807, 2.05) is 33.8 Å². The summed E-state index contributed by atoms with van der Waals surface area (Å²) >= 11 is 6.33. The summed E-state index contributed by atoms with van der Waals surface area (Å²) in [4.78, 5) is 27.9.